The van der Waals surface area contributed by atoms with E-state index in [4.69, 9.17) is 0 Å². The molecule has 0 spiro atoms. The Labute approximate surface area is 163 Å². The number of pyridine rings is 1. The molecule has 2 heterocycles. The Kier molecular flexibility index (Phi) is 6.53. The Morgan fingerprint density at radius 2 is 2.00 bits per heavy atom. The Morgan fingerprint density at radius 3 is 2.59 bits per heavy atom. The molecule has 3 atom stereocenters. The van der Waals surface area contributed by atoms with Crippen molar-refractivity contribution in [3.8, 4) is 0 Å². The van der Waals surface area contributed by atoms with E-state index < -0.39 is 0 Å². The van der Waals surface area contributed by atoms with Gasteiger partial charge in [-0.15, -0.1) is 0 Å². The number of amides is 1. The summed E-state index contributed by atoms with van der Waals surface area (Å²) in [6.45, 7) is 9.96. The highest BCUT2D eigenvalue weighted by Crippen LogP contribution is 2.39. The molecule has 1 aromatic rings. The van der Waals surface area contributed by atoms with E-state index in [2.05, 4.69) is 36.7 Å². The smallest absolute Gasteiger partial charge is 0.223 e. The van der Waals surface area contributed by atoms with Crippen LogP contribution in [-0.2, 0) is 4.79 Å². The average molecular weight is 372 g/mol. The molecule has 0 bridgehead atoms. The van der Waals surface area contributed by atoms with Gasteiger partial charge in [-0.05, 0) is 43.2 Å². The van der Waals surface area contributed by atoms with Crippen LogP contribution in [0.3, 0.4) is 0 Å². The number of carbonyl (C=O) groups is 1. The number of piperazine rings is 1. The van der Waals surface area contributed by atoms with Crippen LogP contribution >= 0.6 is 0 Å². The molecule has 1 N–H and O–H groups in total. The molecule has 27 heavy (non-hydrogen) atoms. The number of aliphatic hydroxyl groups is 1. The van der Waals surface area contributed by atoms with E-state index in [1.54, 1.807) is 0 Å². The van der Waals surface area contributed by atoms with Gasteiger partial charge in [0, 0.05) is 51.3 Å². The van der Waals surface area contributed by atoms with Gasteiger partial charge in [0.2, 0.25) is 5.91 Å². The summed E-state index contributed by atoms with van der Waals surface area (Å²) < 4.78 is 0. The molecular weight excluding hydrogens is 338 g/mol. The Hall–Kier alpha value is -1.88. The number of hydrogen-bond donors (Lipinski definition) is 1. The van der Waals surface area contributed by atoms with Gasteiger partial charge in [0.25, 0.3) is 0 Å². The number of rotatable bonds is 5. The zero-order valence-electron chi connectivity index (χ0n) is 16.8. The molecule has 1 amide bonds. The molecule has 0 radical (unpaired) electrons. The van der Waals surface area contributed by atoms with Crippen molar-refractivity contribution < 1.29 is 9.90 Å². The summed E-state index contributed by atoms with van der Waals surface area (Å²) in [5.74, 6) is 2.77. The van der Waals surface area contributed by atoms with Crippen molar-refractivity contribution in [3.05, 3.63) is 36.0 Å². The number of carbonyl (C=O) groups excluding carboxylic acids is 1. The van der Waals surface area contributed by atoms with Gasteiger partial charge in [-0.3, -0.25) is 4.79 Å². The number of anilines is 1. The first-order chi connectivity index (χ1) is 13.0. The molecule has 1 aromatic heterocycles. The van der Waals surface area contributed by atoms with E-state index in [0.29, 0.717) is 24.2 Å². The number of aromatic nitrogens is 1. The Morgan fingerprint density at radius 1 is 1.26 bits per heavy atom. The quantitative estimate of drug-likeness (QED) is 0.809. The standard InChI is InChI=1S/C22H33N3O2/c1-16(2)20-13-18(17(3)12-19(20)15-26)14-22(27)25-10-8-24(9-11-25)21-6-4-5-7-23-21/h4-7,12,16,18-20,26H,8-11,13-15H2,1-3H3/t18-,19-,20-/m0/s1. The molecule has 5 nitrogen and oxygen atoms in total. The predicted octanol–water partition coefficient (Wildman–Crippen LogP) is 2.97. The molecular formula is C22H33N3O2. The first-order valence-corrected chi connectivity index (χ1v) is 10.2. The summed E-state index contributed by atoms with van der Waals surface area (Å²) in [4.78, 5) is 21.6. The third-order valence-corrected chi connectivity index (χ3v) is 6.32. The molecule has 1 saturated heterocycles. The maximum Gasteiger partial charge on any atom is 0.223 e. The fourth-order valence-corrected chi connectivity index (χ4v) is 4.55. The van der Waals surface area contributed by atoms with E-state index in [1.807, 2.05) is 29.3 Å². The van der Waals surface area contributed by atoms with Crippen molar-refractivity contribution in [1.29, 1.82) is 0 Å². The molecule has 2 aliphatic rings. The van der Waals surface area contributed by atoms with Crippen LogP contribution < -0.4 is 4.90 Å². The highest BCUT2D eigenvalue weighted by molar-refractivity contribution is 5.77. The largest absolute Gasteiger partial charge is 0.396 e. The van der Waals surface area contributed by atoms with Gasteiger partial charge in [-0.2, -0.15) is 0 Å². The predicted molar refractivity (Wildman–Crippen MR) is 108 cm³/mol. The maximum absolute atomic E-state index is 12.9. The highest BCUT2D eigenvalue weighted by atomic mass is 16.3. The van der Waals surface area contributed by atoms with Crippen molar-refractivity contribution in [2.24, 2.45) is 23.7 Å². The van der Waals surface area contributed by atoms with Crippen LogP contribution in [0.25, 0.3) is 0 Å². The van der Waals surface area contributed by atoms with Gasteiger partial charge >= 0.3 is 0 Å². The second-order valence-corrected chi connectivity index (χ2v) is 8.36. The van der Waals surface area contributed by atoms with Crippen LogP contribution in [0.2, 0.25) is 0 Å². The SMILES string of the molecule is CC1=C[C@@H](CO)[C@H](C(C)C)C[C@H]1CC(=O)N1CCN(c2ccccn2)CC1. The lowest BCUT2D eigenvalue weighted by molar-refractivity contribution is -0.132. The van der Waals surface area contributed by atoms with Crippen LogP contribution in [0.15, 0.2) is 36.0 Å². The zero-order valence-corrected chi connectivity index (χ0v) is 16.8. The summed E-state index contributed by atoms with van der Waals surface area (Å²) in [5, 5.41) is 9.69. The number of hydrogen-bond acceptors (Lipinski definition) is 4. The molecule has 0 aromatic carbocycles. The lowest BCUT2D eigenvalue weighted by atomic mass is 9.70. The van der Waals surface area contributed by atoms with Crippen molar-refractivity contribution >= 4 is 11.7 Å². The summed E-state index contributed by atoms with van der Waals surface area (Å²) in [5.41, 5.74) is 1.27. The first kappa shape index (κ1) is 19.9. The second kappa shape index (κ2) is 8.87. The van der Waals surface area contributed by atoms with E-state index in [-0.39, 0.29) is 18.4 Å². The third-order valence-electron chi connectivity index (χ3n) is 6.32. The number of allylic oxidation sites excluding steroid dienone is 1. The minimum Gasteiger partial charge on any atom is -0.396 e. The van der Waals surface area contributed by atoms with Crippen LogP contribution in [0.4, 0.5) is 5.82 Å². The van der Waals surface area contributed by atoms with Crippen LogP contribution in [0.5, 0.6) is 0 Å². The topological polar surface area (TPSA) is 56.7 Å². The Balaban J connectivity index is 1.56. The van der Waals surface area contributed by atoms with Crippen molar-refractivity contribution in [3.63, 3.8) is 0 Å². The van der Waals surface area contributed by atoms with E-state index >= 15 is 0 Å². The zero-order chi connectivity index (χ0) is 19.4. The average Bonchev–Trinajstić information content (AvgIpc) is 2.69. The van der Waals surface area contributed by atoms with Gasteiger partial charge in [-0.25, -0.2) is 4.98 Å². The molecule has 1 aliphatic heterocycles. The van der Waals surface area contributed by atoms with Gasteiger partial charge < -0.3 is 14.9 Å². The highest BCUT2D eigenvalue weighted by Gasteiger charge is 2.33. The van der Waals surface area contributed by atoms with Gasteiger partial charge in [0.1, 0.15) is 5.82 Å². The maximum atomic E-state index is 12.9. The normalized spacial score (nSPS) is 26.3. The van der Waals surface area contributed by atoms with Crippen molar-refractivity contribution in [2.75, 3.05) is 37.7 Å². The monoisotopic (exact) mass is 371 g/mol. The van der Waals surface area contributed by atoms with Crippen molar-refractivity contribution in [1.82, 2.24) is 9.88 Å². The van der Waals surface area contributed by atoms with Gasteiger partial charge in [-0.1, -0.05) is 31.6 Å². The fraction of sp³-hybridized carbons (Fsp3) is 0.636. The lowest BCUT2D eigenvalue weighted by Gasteiger charge is -2.38. The van der Waals surface area contributed by atoms with Crippen LogP contribution in [0, 0.1) is 23.7 Å². The van der Waals surface area contributed by atoms with E-state index in [0.717, 1.165) is 38.4 Å². The fourth-order valence-electron chi connectivity index (χ4n) is 4.55. The summed E-state index contributed by atoms with van der Waals surface area (Å²) in [7, 11) is 0. The first-order valence-electron chi connectivity index (χ1n) is 10.2. The molecule has 1 aliphatic carbocycles. The van der Waals surface area contributed by atoms with Gasteiger partial charge in [0.05, 0.1) is 0 Å². The number of nitrogens with zero attached hydrogens (tertiary/aromatic N) is 3. The molecule has 1 fully saturated rings. The summed E-state index contributed by atoms with van der Waals surface area (Å²) >= 11 is 0. The summed E-state index contributed by atoms with van der Waals surface area (Å²) in [6.07, 6.45) is 5.62. The second-order valence-electron chi connectivity index (χ2n) is 8.36. The lowest BCUT2D eigenvalue weighted by Crippen LogP contribution is -2.49. The van der Waals surface area contributed by atoms with E-state index in [9.17, 15) is 9.90 Å². The van der Waals surface area contributed by atoms with Gasteiger partial charge in [0.15, 0.2) is 0 Å². The molecule has 148 valence electrons. The molecule has 0 saturated carbocycles. The number of aliphatic hydroxyl groups excluding tert-OH is 1. The van der Waals surface area contributed by atoms with Crippen molar-refractivity contribution in [2.45, 2.75) is 33.6 Å². The molecule has 5 heteroatoms. The third kappa shape index (κ3) is 4.70. The molecule has 0 unspecified atom stereocenters. The summed E-state index contributed by atoms with van der Waals surface area (Å²) in [6, 6.07) is 5.95. The molecule has 3 rings (SSSR count). The van der Waals surface area contributed by atoms with E-state index in [1.165, 1.54) is 5.57 Å². The van der Waals surface area contributed by atoms with Crippen LogP contribution in [0.1, 0.15) is 33.6 Å². The minimum atomic E-state index is 0.205. The minimum absolute atomic E-state index is 0.205. The van der Waals surface area contributed by atoms with Crippen LogP contribution in [-0.4, -0.2) is 53.7 Å². The Bertz CT molecular complexity index is 651.